The number of benzene rings is 1. The number of methoxy groups -OCH3 is 1. The Bertz CT molecular complexity index is 668. The van der Waals surface area contributed by atoms with Crippen LogP contribution in [0.1, 0.15) is 28.0 Å². The van der Waals surface area contributed by atoms with Crippen molar-refractivity contribution in [3.05, 3.63) is 47.5 Å². The fraction of sp³-hybridized carbons (Fsp3) is 0.375. The number of carbonyl (C=O) groups excluding carboxylic acids is 1. The lowest BCUT2D eigenvalue weighted by Crippen LogP contribution is -2.42. The van der Waals surface area contributed by atoms with E-state index in [9.17, 15) is 4.79 Å². The van der Waals surface area contributed by atoms with E-state index in [1.807, 2.05) is 19.1 Å². The summed E-state index contributed by atoms with van der Waals surface area (Å²) in [6.07, 6.45) is 1.54. The van der Waals surface area contributed by atoms with Crippen molar-refractivity contribution in [1.29, 1.82) is 0 Å². The summed E-state index contributed by atoms with van der Waals surface area (Å²) in [4.78, 5) is 22.0. The number of amides is 1. The molecule has 3 rings (SSSR count). The van der Waals surface area contributed by atoms with Crippen molar-refractivity contribution in [2.24, 2.45) is 0 Å². The van der Waals surface area contributed by atoms with Crippen molar-refractivity contribution in [2.45, 2.75) is 13.0 Å². The Balaban J connectivity index is 1.78. The average Bonchev–Trinajstić information content (AvgIpc) is 3.01. The molecule has 1 aromatic carbocycles. The molecule has 1 amide bonds. The second kappa shape index (κ2) is 6.19. The Morgan fingerprint density at radius 1 is 1.45 bits per heavy atom. The van der Waals surface area contributed by atoms with E-state index in [1.54, 1.807) is 30.3 Å². The van der Waals surface area contributed by atoms with Gasteiger partial charge >= 0.3 is 0 Å². The van der Waals surface area contributed by atoms with Crippen LogP contribution in [0.25, 0.3) is 0 Å². The molecule has 22 heavy (non-hydrogen) atoms. The smallest absolute Gasteiger partial charge is 0.257 e. The van der Waals surface area contributed by atoms with Gasteiger partial charge in [0.05, 0.1) is 25.8 Å². The lowest BCUT2D eigenvalue weighted by Gasteiger charge is -2.32. The number of para-hydroxylation sites is 1. The van der Waals surface area contributed by atoms with Crippen molar-refractivity contribution in [1.82, 2.24) is 14.9 Å². The first-order valence-electron chi connectivity index (χ1n) is 7.24. The average molecular weight is 301 g/mol. The molecule has 2 heterocycles. The van der Waals surface area contributed by atoms with Gasteiger partial charge in [0.1, 0.15) is 17.7 Å². The van der Waals surface area contributed by atoms with Gasteiger partial charge in [-0.05, 0) is 19.1 Å². The van der Waals surface area contributed by atoms with E-state index >= 15 is 0 Å². The molecule has 0 radical (unpaired) electrons. The summed E-state index contributed by atoms with van der Waals surface area (Å²) in [5.41, 5.74) is 1.55. The molecule has 1 saturated heterocycles. The Morgan fingerprint density at radius 2 is 2.27 bits per heavy atom. The van der Waals surface area contributed by atoms with Crippen LogP contribution < -0.4 is 4.74 Å². The Kier molecular flexibility index (Phi) is 4.11. The SMILES string of the molecule is COc1ccccc1C(=O)N1CCOC(c2ncc(C)[nH]2)C1. The molecule has 0 saturated carbocycles. The van der Waals surface area contributed by atoms with Crippen LogP contribution in [0, 0.1) is 6.92 Å². The Hall–Kier alpha value is -2.34. The topological polar surface area (TPSA) is 67.4 Å². The number of aromatic nitrogens is 2. The highest BCUT2D eigenvalue weighted by molar-refractivity contribution is 5.97. The highest BCUT2D eigenvalue weighted by atomic mass is 16.5. The van der Waals surface area contributed by atoms with Crippen molar-refractivity contribution >= 4 is 5.91 Å². The number of hydrogen-bond donors (Lipinski definition) is 1. The van der Waals surface area contributed by atoms with Gasteiger partial charge in [-0.2, -0.15) is 0 Å². The molecule has 1 fully saturated rings. The molecule has 1 aromatic heterocycles. The highest BCUT2D eigenvalue weighted by Gasteiger charge is 2.28. The number of aryl methyl sites for hydroxylation is 1. The second-order valence-corrected chi connectivity index (χ2v) is 5.26. The third kappa shape index (κ3) is 2.82. The number of carbonyl (C=O) groups is 1. The summed E-state index contributed by atoms with van der Waals surface area (Å²) in [7, 11) is 1.57. The third-order valence-electron chi connectivity index (χ3n) is 3.72. The summed E-state index contributed by atoms with van der Waals surface area (Å²) in [5.74, 6) is 1.30. The number of aromatic amines is 1. The van der Waals surface area contributed by atoms with E-state index < -0.39 is 0 Å². The van der Waals surface area contributed by atoms with Gasteiger partial charge in [0, 0.05) is 18.4 Å². The normalized spacial score (nSPS) is 18.3. The number of hydrogen-bond acceptors (Lipinski definition) is 4. The first-order valence-corrected chi connectivity index (χ1v) is 7.24. The number of imidazole rings is 1. The summed E-state index contributed by atoms with van der Waals surface area (Å²) in [5, 5.41) is 0. The van der Waals surface area contributed by atoms with Gasteiger partial charge in [0.15, 0.2) is 0 Å². The molecule has 1 N–H and O–H groups in total. The molecule has 1 aliphatic rings. The van der Waals surface area contributed by atoms with Crippen molar-refractivity contribution < 1.29 is 14.3 Å². The minimum atomic E-state index is -0.221. The molecule has 2 aromatic rings. The van der Waals surface area contributed by atoms with E-state index in [2.05, 4.69) is 9.97 Å². The number of ether oxygens (including phenoxy) is 2. The molecule has 0 aliphatic carbocycles. The van der Waals surface area contributed by atoms with Crippen LogP contribution >= 0.6 is 0 Å². The molecule has 0 bridgehead atoms. The number of morpholine rings is 1. The molecule has 1 unspecified atom stereocenters. The van der Waals surface area contributed by atoms with Gasteiger partial charge in [-0.15, -0.1) is 0 Å². The zero-order valence-electron chi connectivity index (χ0n) is 12.7. The molecular weight excluding hydrogens is 282 g/mol. The van der Waals surface area contributed by atoms with Crippen LogP contribution in [-0.4, -0.2) is 47.6 Å². The molecule has 0 spiro atoms. The van der Waals surface area contributed by atoms with E-state index in [0.29, 0.717) is 31.0 Å². The monoisotopic (exact) mass is 301 g/mol. The Morgan fingerprint density at radius 3 is 3.00 bits per heavy atom. The minimum absolute atomic E-state index is 0.0472. The number of H-pyrrole nitrogens is 1. The maximum absolute atomic E-state index is 12.7. The first-order chi connectivity index (χ1) is 10.7. The van der Waals surface area contributed by atoms with Crippen molar-refractivity contribution in [3.63, 3.8) is 0 Å². The van der Waals surface area contributed by atoms with Crippen LogP contribution in [0.5, 0.6) is 5.75 Å². The number of rotatable bonds is 3. The van der Waals surface area contributed by atoms with E-state index in [4.69, 9.17) is 9.47 Å². The van der Waals surface area contributed by atoms with Gasteiger partial charge in [0.25, 0.3) is 5.91 Å². The fourth-order valence-electron chi connectivity index (χ4n) is 2.59. The summed E-state index contributed by atoms with van der Waals surface area (Å²) < 4.78 is 11.0. The predicted molar refractivity (Wildman–Crippen MR) is 80.9 cm³/mol. The Labute approximate surface area is 129 Å². The highest BCUT2D eigenvalue weighted by Crippen LogP contribution is 2.24. The lowest BCUT2D eigenvalue weighted by molar-refractivity contribution is -0.0265. The first kappa shape index (κ1) is 14.6. The zero-order valence-corrected chi connectivity index (χ0v) is 12.7. The summed E-state index contributed by atoms with van der Waals surface area (Å²) in [6, 6.07) is 7.26. The van der Waals surface area contributed by atoms with Crippen LogP contribution in [0.2, 0.25) is 0 Å². The largest absolute Gasteiger partial charge is 0.496 e. The van der Waals surface area contributed by atoms with Crippen molar-refractivity contribution in [2.75, 3.05) is 26.8 Å². The van der Waals surface area contributed by atoms with E-state index in [0.717, 1.165) is 11.5 Å². The van der Waals surface area contributed by atoms with E-state index in [1.165, 1.54) is 0 Å². The van der Waals surface area contributed by atoms with Crippen molar-refractivity contribution in [3.8, 4) is 5.75 Å². The fourth-order valence-corrected chi connectivity index (χ4v) is 2.59. The van der Waals surface area contributed by atoms with Gasteiger partial charge in [0.2, 0.25) is 0 Å². The quantitative estimate of drug-likeness (QED) is 0.941. The van der Waals surface area contributed by atoms with Crippen LogP contribution in [0.15, 0.2) is 30.5 Å². The summed E-state index contributed by atoms with van der Waals surface area (Å²) in [6.45, 7) is 3.47. The van der Waals surface area contributed by atoms with Gasteiger partial charge < -0.3 is 19.4 Å². The minimum Gasteiger partial charge on any atom is -0.496 e. The number of nitrogens with zero attached hydrogens (tertiary/aromatic N) is 2. The van der Waals surface area contributed by atoms with Crippen LogP contribution in [0.3, 0.4) is 0 Å². The molecule has 6 nitrogen and oxygen atoms in total. The standard InChI is InChI=1S/C16H19N3O3/c1-11-9-17-15(18-11)14-10-19(7-8-22-14)16(20)12-5-3-4-6-13(12)21-2/h3-6,9,14H,7-8,10H2,1-2H3,(H,17,18). The van der Waals surface area contributed by atoms with Gasteiger partial charge in [-0.1, -0.05) is 12.1 Å². The maximum Gasteiger partial charge on any atom is 0.257 e. The lowest BCUT2D eigenvalue weighted by atomic mass is 10.1. The number of nitrogens with one attached hydrogen (secondary N) is 1. The molecule has 1 atom stereocenters. The molecule has 1 aliphatic heterocycles. The second-order valence-electron chi connectivity index (χ2n) is 5.26. The molecule has 116 valence electrons. The zero-order chi connectivity index (χ0) is 15.5. The van der Waals surface area contributed by atoms with E-state index in [-0.39, 0.29) is 12.0 Å². The van der Waals surface area contributed by atoms with Gasteiger partial charge in [-0.3, -0.25) is 4.79 Å². The predicted octanol–water partition coefficient (Wildman–Crippen LogP) is 1.94. The summed E-state index contributed by atoms with van der Waals surface area (Å²) >= 11 is 0. The molecular formula is C16H19N3O3. The van der Waals surface area contributed by atoms with Crippen LogP contribution in [0.4, 0.5) is 0 Å². The third-order valence-corrected chi connectivity index (χ3v) is 3.72. The molecule has 6 heteroatoms. The van der Waals surface area contributed by atoms with Gasteiger partial charge in [-0.25, -0.2) is 4.98 Å². The van der Waals surface area contributed by atoms with Crippen LogP contribution in [-0.2, 0) is 4.74 Å². The maximum atomic E-state index is 12.7.